The number of carbonyl (C=O) groups excluding carboxylic acids is 2. The summed E-state index contributed by atoms with van der Waals surface area (Å²) in [6.45, 7) is 2.29. The summed E-state index contributed by atoms with van der Waals surface area (Å²) in [5, 5.41) is 16.9. The highest BCUT2D eigenvalue weighted by molar-refractivity contribution is 6.31. The van der Waals surface area contributed by atoms with Crippen molar-refractivity contribution < 1.29 is 14.3 Å². The Morgan fingerprint density at radius 2 is 2.00 bits per heavy atom. The number of benzene rings is 1. The molecule has 12 heteroatoms. The SMILES string of the molecule is COc1cn(C(C(=O)Nc2ccn3ncc(C(N)=O)c3c2)C(C)CCCN)c(=O)cc1-c1cc(Cl)ccc1C#N. The maximum Gasteiger partial charge on any atom is 0.252 e. The van der Waals surface area contributed by atoms with Crippen LogP contribution in [-0.2, 0) is 4.79 Å². The van der Waals surface area contributed by atoms with Gasteiger partial charge in [-0.05, 0) is 55.6 Å². The lowest BCUT2D eigenvalue weighted by Crippen LogP contribution is -2.37. The van der Waals surface area contributed by atoms with E-state index >= 15 is 0 Å². The molecule has 2 unspecified atom stereocenters. The molecule has 0 aliphatic heterocycles. The minimum Gasteiger partial charge on any atom is -0.495 e. The van der Waals surface area contributed by atoms with Gasteiger partial charge in [-0.25, -0.2) is 4.52 Å². The van der Waals surface area contributed by atoms with Crippen molar-refractivity contribution >= 4 is 34.6 Å². The summed E-state index contributed by atoms with van der Waals surface area (Å²) in [7, 11) is 1.44. The number of halogens is 1. The van der Waals surface area contributed by atoms with Crippen molar-refractivity contribution in [2.45, 2.75) is 25.8 Å². The molecule has 3 heterocycles. The number of pyridine rings is 2. The van der Waals surface area contributed by atoms with Crippen LogP contribution in [0, 0.1) is 17.2 Å². The molecule has 4 aromatic rings. The molecule has 0 radical (unpaired) electrons. The van der Waals surface area contributed by atoms with Crippen LogP contribution in [0.1, 0.15) is 41.7 Å². The number of ether oxygens (including phenoxy) is 1. The van der Waals surface area contributed by atoms with Crippen LogP contribution >= 0.6 is 11.6 Å². The molecule has 0 spiro atoms. The van der Waals surface area contributed by atoms with Crippen molar-refractivity contribution in [3.63, 3.8) is 0 Å². The van der Waals surface area contributed by atoms with Gasteiger partial charge in [0.2, 0.25) is 5.91 Å². The highest BCUT2D eigenvalue weighted by Gasteiger charge is 2.29. The fourth-order valence-corrected chi connectivity index (χ4v) is 4.85. The maximum atomic E-state index is 13.7. The van der Waals surface area contributed by atoms with Crippen LogP contribution in [0.15, 0.2) is 59.8 Å². The molecular formula is C28H28ClN7O4. The largest absolute Gasteiger partial charge is 0.495 e. The highest BCUT2D eigenvalue weighted by Crippen LogP contribution is 2.34. The van der Waals surface area contributed by atoms with E-state index in [1.165, 1.54) is 34.7 Å². The van der Waals surface area contributed by atoms with Gasteiger partial charge in [-0.3, -0.25) is 19.0 Å². The fourth-order valence-electron chi connectivity index (χ4n) is 4.68. The van der Waals surface area contributed by atoms with Gasteiger partial charge in [0.15, 0.2) is 0 Å². The van der Waals surface area contributed by atoms with Crippen LogP contribution in [0.2, 0.25) is 5.02 Å². The summed E-state index contributed by atoms with van der Waals surface area (Å²) >= 11 is 6.18. The van der Waals surface area contributed by atoms with Crippen LogP contribution in [0.25, 0.3) is 16.6 Å². The van der Waals surface area contributed by atoms with Crippen molar-refractivity contribution in [2.75, 3.05) is 19.0 Å². The van der Waals surface area contributed by atoms with Crippen LogP contribution in [0.5, 0.6) is 5.75 Å². The van der Waals surface area contributed by atoms with Crippen LogP contribution in [0.3, 0.4) is 0 Å². The molecule has 2 atom stereocenters. The Balaban J connectivity index is 1.78. The molecule has 0 aliphatic carbocycles. The van der Waals surface area contributed by atoms with Crippen LogP contribution in [-0.4, -0.2) is 39.7 Å². The monoisotopic (exact) mass is 561 g/mol. The second kappa shape index (κ2) is 12.0. The predicted octanol–water partition coefficient (Wildman–Crippen LogP) is 3.35. The molecule has 206 valence electrons. The van der Waals surface area contributed by atoms with Gasteiger partial charge >= 0.3 is 0 Å². The summed E-state index contributed by atoms with van der Waals surface area (Å²) in [4.78, 5) is 39.0. The van der Waals surface area contributed by atoms with Crippen molar-refractivity contribution in [1.29, 1.82) is 5.26 Å². The number of anilines is 1. The number of rotatable bonds is 10. The zero-order valence-electron chi connectivity index (χ0n) is 21.9. The summed E-state index contributed by atoms with van der Waals surface area (Å²) < 4.78 is 8.39. The van der Waals surface area contributed by atoms with Gasteiger partial charge in [0.25, 0.3) is 11.5 Å². The third-order valence-electron chi connectivity index (χ3n) is 6.68. The van der Waals surface area contributed by atoms with E-state index in [9.17, 15) is 19.6 Å². The number of nitrogens with zero attached hydrogens (tertiary/aromatic N) is 4. The Labute approximate surface area is 234 Å². The number of amides is 2. The van der Waals surface area contributed by atoms with E-state index in [0.717, 1.165) is 0 Å². The molecule has 3 aromatic heterocycles. The Hall–Kier alpha value is -4.66. The third-order valence-corrected chi connectivity index (χ3v) is 6.92. The van der Waals surface area contributed by atoms with E-state index in [1.54, 1.807) is 36.5 Å². The Morgan fingerprint density at radius 3 is 2.67 bits per heavy atom. The first kappa shape index (κ1) is 28.4. The third kappa shape index (κ3) is 5.68. The molecule has 11 nitrogen and oxygen atoms in total. The number of nitrogens with one attached hydrogen (secondary N) is 1. The number of hydrogen-bond acceptors (Lipinski definition) is 7. The minimum atomic E-state index is -0.937. The topological polar surface area (TPSA) is 171 Å². The lowest BCUT2D eigenvalue weighted by molar-refractivity contribution is -0.120. The maximum absolute atomic E-state index is 13.7. The lowest BCUT2D eigenvalue weighted by Gasteiger charge is -2.26. The number of nitrogens with two attached hydrogens (primary N) is 2. The average molecular weight is 562 g/mol. The van der Waals surface area contributed by atoms with Crippen LogP contribution < -0.4 is 27.1 Å². The second-order valence-electron chi connectivity index (χ2n) is 9.31. The van der Waals surface area contributed by atoms with Crippen LogP contribution in [0.4, 0.5) is 5.69 Å². The molecule has 40 heavy (non-hydrogen) atoms. The van der Waals surface area contributed by atoms with Crippen molar-refractivity contribution in [2.24, 2.45) is 17.4 Å². The zero-order valence-corrected chi connectivity index (χ0v) is 22.7. The number of hydrogen-bond donors (Lipinski definition) is 3. The number of fused-ring (bicyclic) bond motifs is 1. The van der Waals surface area contributed by atoms with E-state index in [2.05, 4.69) is 16.5 Å². The number of carbonyl (C=O) groups is 2. The van der Waals surface area contributed by atoms with E-state index in [-0.39, 0.29) is 17.2 Å². The van der Waals surface area contributed by atoms with Gasteiger partial charge in [0.1, 0.15) is 11.8 Å². The Bertz CT molecular complexity index is 1690. The zero-order chi connectivity index (χ0) is 29.0. The number of aromatic nitrogens is 3. The number of nitriles is 1. The van der Waals surface area contributed by atoms with E-state index in [4.69, 9.17) is 27.8 Å². The second-order valence-corrected chi connectivity index (χ2v) is 9.75. The predicted molar refractivity (Wildman–Crippen MR) is 151 cm³/mol. The van der Waals surface area contributed by atoms with Gasteiger partial charge in [0.05, 0.1) is 42.2 Å². The quantitative estimate of drug-likeness (QED) is 0.266. The van der Waals surface area contributed by atoms with Gasteiger partial charge < -0.3 is 21.5 Å². The molecular weight excluding hydrogens is 534 g/mol. The average Bonchev–Trinajstić information content (AvgIpc) is 3.36. The van der Waals surface area contributed by atoms with E-state index < -0.39 is 23.4 Å². The van der Waals surface area contributed by atoms with E-state index in [0.29, 0.717) is 52.3 Å². The molecule has 0 saturated heterocycles. The molecule has 0 bridgehead atoms. The molecule has 2 amide bonds. The van der Waals surface area contributed by atoms with Gasteiger partial charge in [0, 0.05) is 34.1 Å². The molecule has 0 saturated carbocycles. The normalized spacial score (nSPS) is 12.5. The molecule has 4 rings (SSSR count). The summed E-state index contributed by atoms with van der Waals surface area (Å²) in [6.07, 6.45) is 5.63. The molecule has 0 fully saturated rings. The summed E-state index contributed by atoms with van der Waals surface area (Å²) in [6, 6.07) is 10.4. The smallest absolute Gasteiger partial charge is 0.252 e. The molecule has 0 aliphatic rings. The van der Waals surface area contributed by atoms with Gasteiger partial charge in [-0.1, -0.05) is 18.5 Å². The minimum absolute atomic E-state index is 0.207. The van der Waals surface area contributed by atoms with Crippen molar-refractivity contribution in [3.05, 3.63) is 81.5 Å². The molecule has 5 N–H and O–H groups in total. The van der Waals surface area contributed by atoms with E-state index in [1.807, 2.05) is 6.92 Å². The Kier molecular flexibility index (Phi) is 8.52. The Morgan fingerprint density at radius 1 is 1.23 bits per heavy atom. The number of methoxy groups -OCH3 is 1. The highest BCUT2D eigenvalue weighted by atomic mass is 35.5. The van der Waals surface area contributed by atoms with Gasteiger partial charge in [-0.2, -0.15) is 10.4 Å². The molecule has 1 aromatic carbocycles. The fraction of sp³-hybridized carbons (Fsp3) is 0.250. The first-order chi connectivity index (χ1) is 19.2. The summed E-state index contributed by atoms with van der Waals surface area (Å²) in [5.74, 6) is -1.11. The van der Waals surface area contributed by atoms with Crippen molar-refractivity contribution in [1.82, 2.24) is 14.2 Å². The first-order valence-electron chi connectivity index (χ1n) is 12.5. The van der Waals surface area contributed by atoms with Gasteiger partial charge in [-0.15, -0.1) is 0 Å². The standard InChI is InChI=1S/C28H28ClN7O4/c1-16(4-3-8-30)26(28(39)34-19-7-9-36-23(11-19)22(14-33-36)27(32)38)35-15-24(40-2)21(12-25(35)37)20-10-18(29)6-5-17(20)13-31/h5-7,9-12,14-16,26H,3-4,8,30H2,1-2H3,(H2,32,38)(H,34,39). The first-order valence-corrected chi connectivity index (χ1v) is 12.8. The lowest BCUT2D eigenvalue weighted by atomic mass is 9.94. The van der Waals surface area contributed by atoms with Crippen molar-refractivity contribution in [3.8, 4) is 22.9 Å². The number of primary amides is 1. The summed E-state index contributed by atoms with van der Waals surface area (Å²) in [5.41, 5.74) is 12.9.